The van der Waals surface area contributed by atoms with Gasteiger partial charge in [-0.05, 0) is 47.0 Å². The Labute approximate surface area is 334 Å². The minimum absolute atomic E-state index is 0.0190. The van der Waals surface area contributed by atoms with E-state index in [9.17, 15) is 9.59 Å². The molecule has 0 radical (unpaired) electrons. The number of amides is 1. The van der Waals surface area contributed by atoms with Crippen molar-refractivity contribution in [3.05, 3.63) is 161 Å². The summed E-state index contributed by atoms with van der Waals surface area (Å²) in [5, 5.41) is 3.54. The number of methoxy groups -OCH3 is 2. The maximum Gasteiger partial charge on any atom is 0.413 e. The van der Waals surface area contributed by atoms with Crippen molar-refractivity contribution < 1.29 is 33.0 Å². The minimum Gasteiger partial charge on any atom is -0.497 e. The second-order valence-electron chi connectivity index (χ2n) is 13.1. The van der Waals surface area contributed by atoms with Gasteiger partial charge in [0.15, 0.2) is 0 Å². The summed E-state index contributed by atoms with van der Waals surface area (Å²) in [6.45, 7) is 9.42. The Hall–Kier alpha value is -5.36. The smallest absolute Gasteiger partial charge is 0.413 e. The zero-order valence-electron chi connectivity index (χ0n) is 32.7. The number of anilines is 1. The van der Waals surface area contributed by atoms with Crippen LogP contribution >= 0.6 is 8.30 Å². The molecular weight excluding hydrogens is 743 g/mol. The predicted octanol–water partition coefficient (Wildman–Crippen LogP) is 7.66. The fraction of sp³-hybridized carbons (Fsp3) is 0.295. The van der Waals surface area contributed by atoms with Gasteiger partial charge < -0.3 is 28.2 Å². The Morgan fingerprint density at radius 1 is 0.895 bits per heavy atom. The van der Waals surface area contributed by atoms with Crippen molar-refractivity contribution in [3.63, 3.8) is 0 Å². The van der Waals surface area contributed by atoms with Gasteiger partial charge in [-0.1, -0.05) is 111 Å². The first-order valence-electron chi connectivity index (χ1n) is 18.9. The van der Waals surface area contributed by atoms with E-state index in [2.05, 4.69) is 47.5 Å². The molecule has 0 bridgehead atoms. The van der Waals surface area contributed by atoms with Crippen LogP contribution in [-0.4, -0.2) is 73.0 Å². The van der Waals surface area contributed by atoms with Gasteiger partial charge in [0.05, 0.1) is 26.9 Å². The molecule has 2 heterocycles. The molecular formula is C44H49N4O8P. The number of rotatable bonds is 18. The SMILES string of the molecule is C=CCOC(=O)Nc1ccn([C@H]2C[C@H](OP(c3ccccc3)N(CC)CC)[C@@H](COC(c3ccccc3)(c3ccc(OC)cc3)c3ccc(OC)cc3)O2)c(=O)n1. The zero-order valence-corrected chi connectivity index (χ0v) is 33.5. The molecule has 1 fully saturated rings. The van der Waals surface area contributed by atoms with E-state index in [0.717, 1.165) is 35.1 Å². The van der Waals surface area contributed by atoms with Gasteiger partial charge in [-0.3, -0.25) is 14.6 Å². The molecule has 1 aliphatic rings. The van der Waals surface area contributed by atoms with Crippen LogP contribution in [0, 0.1) is 0 Å². The van der Waals surface area contributed by atoms with Crippen LogP contribution in [-0.2, 0) is 24.3 Å². The summed E-state index contributed by atoms with van der Waals surface area (Å²) in [5.74, 6) is 1.48. The van der Waals surface area contributed by atoms with E-state index in [1.54, 1.807) is 20.4 Å². The highest BCUT2D eigenvalue weighted by atomic mass is 31.2. The molecule has 298 valence electrons. The Balaban J connectivity index is 1.40. The fourth-order valence-electron chi connectivity index (χ4n) is 6.85. The van der Waals surface area contributed by atoms with Crippen LogP contribution in [0.4, 0.5) is 10.6 Å². The largest absolute Gasteiger partial charge is 0.497 e. The molecule has 1 N–H and O–H groups in total. The number of nitrogens with one attached hydrogen (secondary N) is 1. The highest BCUT2D eigenvalue weighted by molar-refractivity contribution is 7.58. The van der Waals surface area contributed by atoms with E-state index in [1.165, 1.54) is 16.7 Å². The van der Waals surface area contributed by atoms with Gasteiger partial charge in [0.2, 0.25) is 0 Å². The van der Waals surface area contributed by atoms with Gasteiger partial charge in [0.25, 0.3) is 0 Å². The number of carbonyl (C=O) groups excluding carboxylic acids is 1. The quantitative estimate of drug-likeness (QED) is 0.0538. The summed E-state index contributed by atoms with van der Waals surface area (Å²) >= 11 is 0. The van der Waals surface area contributed by atoms with Gasteiger partial charge in [-0.2, -0.15) is 4.98 Å². The first-order valence-corrected chi connectivity index (χ1v) is 20.1. The number of hydrogen-bond acceptors (Lipinski definition) is 10. The van der Waals surface area contributed by atoms with Gasteiger partial charge in [0.1, 0.15) is 50.2 Å². The highest BCUT2D eigenvalue weighted by Gasteiger charge is 2.44. The van der Waals surface area contributed by atoms with Crippen molar-refractivity contribution in [2.45, 2.75) is 44.3 Å². The van der Waals surface area contributed by atoms with E-state index in [1.807, 2.05) is 97.1 Å². The van der Waals surface area contributed by atoms with Crippen LogP contribution < -0.4 is 25.8 Å². The highest BCUT2D eigenvalue weighted by Crippen LogP contribution is 2.47. The van der Waals surface area contributed by atoms with E-state index >= 15 is 0 Å². The summed E-state index contributed by atoms with van der Waals surface area (Å²) in [6.07, 6.45) is 0.712. The summed E-state index contributed by atoms with van der Waals surface area (Å²) in [6, 6.07) is 37.4. The number of nitrogens with zero attached hydrogens (tertiary/aromatic N) is 3. The molecule has 0 spiro atoms. The van der Waals surface area contributed by atoms with Crippen LogP contribution in [0.3, 0.4) is 0 Å². The first kappa shape index (κ1) is 41.3. The number of carbonyl (C=O) groups is 1. The van der Waals surface area contributed by atoms with E-state index in [4.69, 9.17) is 28.2 Å². The van der Waals surface area contributed by atoms with E-state index in [0.29, 0.717) is 17.9 Å². The lowest BCUT2D eigenvalue weighted by molar-refractivity contribution is -0.0911. The molecule has 13 heteroatoms. The zero-order chi connectivity index (χ0) is 40.2. The number of benzene rings is 4. The monoisotopic (exact) mass is 792 g/mol. The van der Waals surface area contributed by atoms with Gasteiger partial charge in [-0.15, -0.1) is 0 Å². The van der Waals surface area contributed by atoms with E-state index in [-0.39, 0.29) is 19.0 Å². The molecule has 1 aromatic heterocycles. The van der Waals surface area contributed by atoms with Crippen molar-refractivity contribution >= 4 is 25.5 Å². The summed E-state index contributed by atoms with van der Waals surface area (Å²) in [4.78, 5) is 29.8. The molecule has 1 amide bonds. The lowest BCUT2D eigenvalue weighted by Gasteiger charge is -2.38. The van der Waals surface area contributed by atoms with Crippen molar-refractivity contribution in [2.24, 2.45) is 0 Å². The molecule has 6 rings (SSSR count). The minimum atomic E-state index is -1.26. The molecule has 1 saturated heterocycles. The molecule has 57 heavy (non-hydrogen) atoms. The van der Waals surface area contributed by atoms with Crippen LogP contribution in [0.2, 0.25) is 0 Å². The van der Waals surface area contributed by atoms with Crippen molar-refractivity contribution in [1.29, 1.82) is 0 Å². The third-order valence-corrected chi connectivity index (χ3v) is 12.0. The van der Waals surface area contributed by atoms with Crippen LogP contribution in [0.25, 0.3) is 0 Å². The van der Waals surface area contributed by atoms with Crippen LogP contribution in [0.15, 0.2) is 139 Å². The average Bonchev–Trinajstić information content (AvgIpc) is 3.66. The first-order chi connectivity index (χ1) is 27.8. The second-order valence-corrected chi connectivity index (χ2v) is 14.9. The third-order valence-electron chi connectivity index (χ3n) is 9.72. The Kier molecular flexibility index (Phi) is 14.2. The topological polar surface area (TPSA) is 123 Å². The normalized spacial score (nSPS) is 17.2. The lowest BCUT2D eigenvalue weighted by atomic mass is 9.80. The van der Waals surface area contributed by atoms with E-state index < -0.39 is 44.1 Å². The number of aromatic nitrogens is 2. The van der Waals surface area contributed by atoms with Gasteiger partial charge in [-0.25, -0.2) is 9.59 Å². The van der Waals surface area contributed by atoms with Gasteiger partial charge in [0, 0.05) is 31.0 Å². The Morgan fingerprint density at radius 2 is 1.47 bits per heavy atom. The standard InChI is InChI=1S/C44H49N4O8P/c1-6-29-53-43(50)46-40-27-28-48(42(49)45-40)41-30-38(56-57(47(7-2)8-3)37-17-13-10-14-18-37)39(55-41)31-54-44(32-15-11-9-12-16-32,33-19-23-35(51-4)24-20-33)34-21-25-36(52-5)26-22-34/h6,9-28,38-39,41H,1,7-8,29-31H2,2-5H3,(H,45,46,49,50)/t38-,39+,41+,57?/m0/s1. The maximum atomic E-state index is 13.5. The summed E-state index contributed by atoms with van der Waals surface area (Å²) in [5.41, 5.74) is 0.928. The Morgan fingerprint density at radius 3 is 2.02 bits per heavy atom. The molecule has 0 saturated carbocycles. The molecule has 0 aliphatic carbocycles. The molecule has 4 aromatic carbocycles. The predicted molar refractivity (Wildman–Crippen MR) is 221 cm³/mol. The van der Waals surface area contributed by atoms with Crippen molar-refractivity contribution in [3.8, 4) is 11.5 Å². The molecule has 5 aromatic rings. The molecule has 1 aliphatic heterocycles. The fourth-order valence-corrected chi connectivity index (χ4v) is 8.85. The van der Waals surface area contributed by atoms with Gasteiger partial charge >= 0.3 is 11.8 Å². The lowest BCUT2D eigenvalue weighted by Crippen LogP contribution is -2.39. The number of ether oxygens (including phenoxy) is 5. The Bertz CT molecular complexity index is 2050. The van der Waals surface area contributed by atoms with Crippen LogP contribution in [0.1, 0.15) is 43.2 Å². The summed E-state index contributed by atoms with van der Waals surface area (Å²) < 4.78 is 41.0. The molecule has 12 nitrogen and oxygen atoms in total. The third kappa shape index (κ3) is 9.61. The molecule has 1 unspecified atom stereocenters. The van der Waals surface area contributed by atoms with Crippen LogP contribution in [0.5, 0.6) is 11.5 Å². The summed E-state index contributed by atoms with van der Waals surface area (Å²) in [7, 11) is 2.02. The number of hydrogen-bond donors (Lipinski definition) is 1. The maximum absolute atomic E-state index is 13.5. The van der Waals surface area contributed by atoms with Crippen molar-refractivity contribution in [2.75, 3.05) is 45.8 Å². The van der Waals surface area contributed by atoms with Crippen molar-refractivity contribution in [1.82, 2.24) is 14.2 Å². The second kappa shape index (κ2) is 19.7. The molecule has 4 atom stereocenters. The average molecular weight is 793 g/mol.